The van der Waals surface area contributed by atoms with Gasteiger partial charge in [-0.3, -0.25) is 0 Å². The topological polar surface area (TPSA) is 48.3 Å². The van der Waals surface area contributed by atoms with Crippen molar-refractivity contribution in [1.29, 1.82) is 0 Å². The largest absolute Gasteiger partial charge is 0.382 e. The lowest BCUT2D eigenvalue weighted by Crippen LogP contribution is -2.28. The van der Waals surface area contributed by atoms with Gasteiger partial charge in [-0.25, -0.2) is 4.98 Å². The minimum Gasteiger partial charge on any atom is -0.382 e. The van der Waals surface area contributed by atoms with Crippen LogP contribution in [0.25, 0.3) is 0 Å². The van der Waals surface area contributed by atoms with Gasteiger partial charge in [0.2, 0.25) is 5.95 Å². The maximum absolute atomic E-state index is 5.55. The number of nitrogens with zero attached hydrogens (tertiary/aromatic N) is 2. The Labute approximate surface area is 108 Å². The van der Waals surface area contributed by atoms with E-state index in [0.29, 0.717) is 6.04 Å². The molecule has 0 spiro atoms. The Morgan fingerprint density at radius 1 is 1.61 bits per heavy atom. The Hall–Kier alpha value is -1.07. The van der Waals surface area contributed by atoms with Gasteiger partial charge in [-0.05, 0) is 26.7 Å². The summed E-state index contributed by atoms with van der Waals surface area (Å²) in [7, 11) is 0. The van der Waals surface area contributed by atoms with E-state index in [1.54, 1.807) is 0 Å². The molecule has 2 unspecified atom stereocenters. The van der Waals surface area contributed by atoms with Crippen LogP contribution in [-0.4, -0.2) is 41.5 Å². The fourth-order valence-corrected chi connectivity index (χ4v) is 2.20. The summed E-state index contributed by atoms with van der Waals surface area (Å²) in [6.45, 7) is 7.48. The summed E-state index contributed by atoms with van der Waals surface area (Å²) in [6, 6.07) is 0.373. The van der Waals surface area contributed by atoms with Crippen molar-refractivity contribution in [2.75, 3.05) is 25.1 Å². The van der Waals surface area contributed by atoms with Gasteiger partial charge in [0, 0.05) is 38.8 Å². The van der Waals surface area contributed by atoms with E-state index in [1.807, 2.05) is 19.3 Å². The van der Waals surface area contributed by atoms with Crippen molar-refractivity contribution >= 4 is 5.95 Å². The first kappa shape index (κ1) is 13.4. The standard InChI is InChI=1S/C13H23N3O2/c1-3-17-9-4-7-16-8-6-14-13(16)15-12-5-10-18-11(12)2/h6,8,11-12H,3-5,7,9-10H2,1-2H3,(H,14,15). The number of aromatic nitrogens is 2. The molecule has 5 nitrogen and oxygen atoms in total. The van der Waals surface area contributed by atoms with Crippen LogP contribution >= 0.6 is 0 Å². The van der Waals surface area contributed by atoms with Crippen molar-refractivity contribution in [3.63, 3.8) is 0 Å². The smallest absolute Gasteiger partial charge is 0.203 e. The summed E-state index contributed by atoms with van der Waals surface area (Å²) >= 11 is 0. The molecule has 0 saturated carbocycles. The molecule has 0 bridgehead atoms. The Morgan fingerprint density at radius 2 is 2.50 bits per heavy atom. The van der Waals surface area contributed by atoms with Crippen molar-refractivity contribution in [3.05, 3.63) is 12.4 Å². The molecule has 102 valence electrons. The molecule has 2 atom stereocenters. The van der Waals surface area contributed by atoms with Crippen molar-refractivity contribution in [1.82, 2.24) is 9.55 Å². The molecule has 1 saturated heterocycles. The molecule has 18 heavy (non-hydrogen) atoms. The van der Waals surface area contributed by atoms with Crippen LogP contribution in [0.1, 0.15) is 26.7 Å². The number of aryl methyl sites for hydroxylation is 1. The van der Waals surface area contributed by atoms with Gasteiger partial charge >= 0.3 is 0 Å². The van der Waals surface area contributed by atoms with Gasteiger partial charge in [0.25, 0.3) is 0 Å². The lowest BCUT2D eigenvalue weighted by molar-refractivity contribution is 0.121. The Balaban J connectivity index is 1.83. The summed E-state index contributed by atoms with van der Waals surface area (Å²) in [6.07, 6.45) is 6.17. The molecule has 0 amide bonds. The highest BCUT2D eigenvalue weighted by molar-refractivity contribution is 5.28. The van der Waals surface area contributed by atoms with Gasteiger partial charge in [-0.2, -0.15) is 0 Å². The van der Waals surface area contributed by atoms with Crippen LogP contribution in [0.3, 0.4) is 0 Å². The third kappa shape index (κ3) is 3.46. The lowest BCUT2D eigenvalue weighted by atomic mass is 10.2. The first-order chi connectivity index (χ1) is 8.81. The SMILES string of the molecule is CCOCCCn1ccnc1NC1CCOC1C. The van der Waals surface area contributed by atoms with Crippen LogP contribution in [0.15, 0.2) is 12.4 Å². The van der Waals surface area contributed by atoms with Gasteiger partial charge in [0.1, 0.15) is 0 Å². The Kier molecular flexibility index (Phi) is 5.01. The van der Waals surface area contributed by atoms with Gasteiger partial charge in [0.05, 0.1) is 12.1 Å². The van der Waals surface area contributed by atoms with Crippen LogP contribution in [0.4, 0.5) is 5.95 Å². The molecule has 1 fully saturated rings. The minimum absolute atomic E-state index is 0.263. The minimum atomic E-state index is 0.263. The number of hydrogen-bond donors (Lipinski definition) is 1. The zero-order valence-corrected chi connectivity index (χ0v) is 11.3. The zero-order valence-electron chi connectivity index (χ0n) is 11.3. The molecule has 5 heteroatoms. The molecule has 0 aliphatic carbocycles. The first-order valence-corrected chi connectivity index (χ1v) is 6.78. The van der Waals surface area contributed by atoms with Crippen molar-refractivity contribution in [3.8, 4) is 0 Å². The summed E-state index contributed by atoms with van der Waals surface area (Å²) in [4.78, 5) is 4.37. The quantitative estimate of drug-likeness (QED) is 0.754. The Bertz CT molecular complexity index is 354. The normalized spacial score (nSPS) is 23.4. The number of hydrogen-bond acceptors (Lipinski definition) is 4. The van der Waals surface area contributed by atoms with Gasteiger partial charge < -0.3 is 19.4 Å². The molecule has 1 aliphatic heterocycles. The van der Waals surface area contributed by atoms with Gasteiger partial charge in [-0.1, -0.05) is 0 Å². The molecule has 2 rings (SSSR count). The van der Waals surface area contributed by atoms with Crippen molar-refractivity contribution in [2.24, 2.45) is 0 Å². The fourth-order valence-electron chi connectivity index (χ4n) is 2.20. The van der Waals surface area contributed by atoms with Gasteiger partial charge in [-0.15, -0.1) is 0 Å². The van der Waals surface area contributed by atoms with Crippen LogP contribution in [0.5, 0.6) is 0 Å². The molecule has 2 heterocycles. The zero-order chi connectivity index (χ0) is 12.8. The second-order valence-corrected chi connectivity index (χ2v) is 4.61. The third-order valence-corrected chi connectivity index (χ3v) is 3.30. The number of rotatable bonds is 7. The molecule has 1 aromatic heterocycles. The highest BCUT2D eigenvalue weighted by Crippen LogP contribution is 2.17. The van der Waals surface area contributed by atoms with Crippen molar-refractivity contribution in [2.45, 2.75) is 45.4 Å². The third-order valence-electron chi connectivity index (χ3n) is 3.30. The van der Waals surface area contributed by atoms with E-state index in [-0.39, 0.29) is 6.10 Å². The molecule has 1 aromatic rings. The van der Waals surface area contributed by atoms with E-state index in [0.717, 1.165) is 45.2 Å². The number of anilines is 1. The predicted molar refractivity (Wildman–Crippen MR) is 70.8 cm³/mol. The van der Waals surface area contributed by atoms with E-state index in [4.69, 9.17) is 9.47 Å². The summed E-state index contributed by atoms with van der Waals surface area (Å²) in [5.41, 5.74) is 0. The monoisotopic (exact) mass is 253 g/mol. The first-order valence-electron chi connectivity index (χ1n) is 6.78. The highest BCUT2D eigenvalue weighted by Gasteiger charge is 2.24. The summed E-state index contributed by atoms with van der Waals surface area (Å²) in [5, 5.41) is 3.47. The maximum Gasteiger partial charge on any atom is 0.203 e. The van der Waals surface area contributed by atoms with E-state index >= 15 is 0 Å². The number of imidazole rings is 1. The molecular weight excluding hydrogens is 230 g/mol. The average Bonchev–Trinajstić information content (AvgIpc) is 2.96. The second kappa shape index (κ2) is 6.75. The van der Waals surface area contributed by atoms with Crippen molar-refractivity contribution < 1.29 is 9.47 Å². The average molecular weight is 253 g/mol. The van der Waals surface area contributed by atoms with E-state index < -0.39 is 0 Å². The molecule has 0 aromatic carbocycles. The van der Waals surface area contributed by atoms with Crippen LogP contribution < -0.4 is 5.32 Å². The molecule has 1 N–H and O–H groups in total. The van der Waals surface area contributed by atoms with E-state index in [1.165, 1.54) is 0 Å². The molecule has 1 aliphatic rings. The predicted octanol–water partition coefficient (Wildman–Crippen LogP) is 1.90. The Morgan fingerprint density at radius 3 is 3.22 bits per heavy atom. The fraction of sp³-hybridized carbons (Fsp3) is 0.769. The van der Waals surface area contributed by atoms with Crippen LogP contribution in [0, 0.1) is 0 Å². The summed E-state index contributed by atoms with van der Waals surface area (Å²) in [5.74, 6) is 0.939. The van der Waals surface area contributed by atoms with Crippen LogP contribution in [-0.2, 0) is 16.0 Å². The molecular formula is C13H23N3O2. The van der Waals surface area contributed by atoms with E-state index in [2.05, 4.69) is 21.8 Å². The number of ether oxygens (including phenoxy) is 2. The molecule has 0 radical (unpaired) electrons. The summed E-state index contributed by atoms with van der Waals surface area (Å²) < 4.78 is 13.0. The van der Waals surface area contributed by atoms with Gasteiger partial charge in [0.15, 0.2) is 0 Å². The van der Waals surface area contributed by atoms with Crippen LogP contribution in [0.2, 0.25) is 0 Å². The lowest BCUT2D eigenvalue weighted by Gasteiger charge is -2.17. The second-order valence-electron chi connectivity index (χ2n) is 4.61. The maximum atomic E-state index is 5.55. The highest BCUT2D eigenvalue weighted by atomic mass is 16.5. The number of nitrogens with one attached hydrogen (secondary N) is 1. The van der Waals surface area contributed by atoms with E-state index in [9.17, 15) is 0 Å².